The van der Waals surface area contributed by atoms with Gasteiger partial charge in [-0.2, -0.15) is 0 Å². The summed E-state index contributed by atoms with van der Waals surface area (Å²) in [5.41, 5.74) is 7.61. The molecule has 0 unspecified atom stereocenters. The molecular weight excluding hydrogens is 284 g/mol. The quantitative estimate of drug-likeness (QED) is 0.579. The Labute approximate surface area is 137 Å². The summed E-state index contributed by atoms with van der Waals surface area (Å²) in [6, 6.07) is 10.1. The fourth-order valence-corrected chi connectivity index (χ4v) is 8.78. The van der Waals surface area contributed by atoms with Gasteiger partial charge >= 0.3 is 0 Å². The first-order valence-corrected chi connectivity index (χ1v) is 10.5. The molecule has 0 aliphatic heterocycles. The standard InChI is InChI=1S/C20H30OSi/c1-16(2)22(17(3)4,18(5)6)15-13-20(12-14-21)19-10-8-7-9-11-19/h7-12,16-18,21H,14H2,1-6H3/b20-12-. The number of aliphatic hydroxyl groups excluding tert-OH is 1. The van der Waals surface area contributed by atoms with Crippen molar-refractivity contribution in [2.75, 3.05) is 6.61 Å². The minimum Gasteiger partial charge on any atom is -0.392 e. The maximum atomic E-state index is 9.32. The van der Waals surface area contributed by atoms with Crippen LogP contribution in [0.2, 0.25) is 16.6 Å². The van der Waals surface area contributed by atoms with Crippen molar-refractivity contribution in [2.24, 2.45) is 0 Å². The molecule has 0 aromatic heterocycles. The lowest BCUT2D eigenvalue weighted by atomic mass is 10.1. The van der Waals surface area contributed by atoms with Crippen LogP contribution in [-0.4, -0.2) is 19.8 Å². The first-order chi connectivity index (χ1) is 10.4. The minimum atomic E-state index is -1.74. The maximum Gasteiger partial charge on any atom is 0.146 e. The fourth-order valence-electron chi connectivity index (χ4n) is 3.56. The number of allylic oxidation sites excluding steroid dienone is 1. The minimum absolute atomic E-state index is 0.0263. The molecular formula is C20H30OSi. The monoisotopic (exact) mass is 314 g/mol. The van der Waals surface area contributed by atoms with Gasteiger partial charge in [0.15, 0.2) is 0 Å². The summed E-state index contributed by atoms with van der Waals surface area (Å²) in [5, 5.41) is 9.32. The average Bonchev–Trinajstić information content (AvgIpc) is 2.46. The van der Waals surface area contributed by atoms with E-state index in [1.807, 2.05) is 24.3 Å². The number of hydrogen-bond donors (Lipinski definition) is 1. The lowest BCUT2D eigenvalue weighted by Gasteiger charge is -2.38. The van der Waals surface area contributed by atoms with E-state index in [0.29, 0.717) is 16.6 Å². The highest BCUT2D eigenvalue weighted by atomic mass is 28.3. The van der Waals surface area contributed by atoms with Crippen LogP contribution in [0.1, 0.15) is 47.1 Å². The van der Waals surface area contributed by atoms with Gasteiger partial charge in [-0.25, -0.2) is 0 Å². The zero-order chi connectivity index (χ0) is 16.8. The molecule has 0 heterocycles. The van der Waals surface area contributed by atoms with Gasteiger partial charge in [0.1, 0.15) is 8.07 Å². The molecule has 0 amide bonds. The van der Waals surface area contributed by atoms with Crippen LogP contribution >= 0.6 is 0 Å². The van der Waals surface area contributed by atoms with Crippen LogP contribution in [0.5, 0.6) is 0 Å². The second kappa shape index (κ2) is 8.36. The Morgan fingerprint density at radius 1 is 1.00 bits per heavy atom. The predicted octanol–water partition coefficient (Wildman–Crippen LogP) is 5.28. The summed E-state index contributed by atoms with van der Waals surface area (Å²) in [5.74, 6) is 3.43. The Morgan fingerprint density at radius 2 is 1.50 bits per heavy atom. The third kappa shape index (κ3) is 4.12. The van der Waals surface area contributed by atoms with Crippen molar-refractivity contribution in [2.45, 2.75) is 58.2 Å². The van der Waals surface area contributed by atoms with E-state index in [1.165, 1.54) is 0 Å². The van der Waals surface area contributed by atoms with Crippen molar-refractivity contribution in [3.63, 3.8) is 0 Å². The molecule has 0 aliphatic carbocycles. The summed E-state index contributed by atoms with van der Waals surface area (Å²) in [6.07, 6.45) is 1.82. The van der Waals surface area contributed by atoms with E-state index in [0.717, 1.165) is 11.1 Å². The normalized spacial score (nSPS) is 12.7. The molecule has 1 rings (SSSR count). The number of aliphatic hydroxyl groups is 1. The second-order valence-electron chi connectivity index (χ2n) is 6.81. The Kier molecular flexibility index (Phi) is 7.12. The smallest absolute Gasteiger partial charge is 0.146 e. The van der Waals surface area contributed by atoms with Crippen LogP contribution in [0, 0.1) is 11.5 Å². The highest BCUT2D eigenvalue weighted by molar-refractivity contribution is 6.90. The lowest BCUT2D eigenvalue weighted by Crippen LogP contribution is -2.43. The fraction of sp³-hybridized carbons (Fsp3) is 0.500. The summed E-state index contributed by atoms with van der Waals surface area (Å²) in [6.45, 7) is 13.9. The lowest BCUT2D eigenvalue weighted by molar-refractivity contribution is 0.343. The van der Waals surface area contributed by atoms with Crippen molar-refractivity contribution in [1.82, 2.24) is 0 Å². The van der Waals surface area contributed by atoms with Crippen LogP contribution in [0.15, 0.2) is 36.4 Å². The second-order valence-corrected chi connectivity index (χ2v) is 12.4. The van der Waals surface area contributed by atoms with E-state index in [2.05, 4.69) is 65.1 Å². The topological polar surface area (TPSA) is 20.2 Å². The molecule has 22 heavy (non-hydrogen) atoms. The van der Waals surface area contributed by atoms with Crippen molar-refractivity contribution < 1.29 is 5.11 Å². The molecule has 0 atom stereocenters. The molecule has 0 saturated carbocycles. The van der Waals surface area contributed by atoms with Gasteiger partial charge < -0.3 is 5.11 Å². The van der Waals surface area contributed by atoms with E-state index in [4.69, 9.17) is 0 Å². The van der Waals surface area contributed by atoms with Gasteiger partial charge in [0.2, 0.25) is 0 Å². The first kappa shape index (κ1) is 18.7. The third-order valence-electron chi connectivity index (χ3n) is 4.66. The molecule has 0 spiro atoms. The van der Waals surface area contributed by atoms with Crippen molar-refractivity contribution in [3.05, 3.63) is 42.0 Å². The van der Waals surface area contributed by atoms with E-state index < -0.39 is 8.07 Å². The van der Waals surface area contributed by atoms with E-state index in [9.17, 15) is 5.11 Å². The highest BCUT2D eigenvalue weighted by Crippen LogP contribution is 2.40. The van der Waals surface area contributed by atoms with Gasteiger partial charge in [0.25, 0.3) is 0 Å². The van der Waals surface area contributed by atoms with Crippen molar-refractivity contribution >= 4 is 13.6 Å². The van der Waals surface area contributed by atoms with Crippen LogP contribution in [-0.2, 0) is 0 Å². The van der Waals surface area contributed by atoms with Crippen molar-refractivity contribution in [3.8, 4) is 11.5 Å². The average molecular weight is 315 g/mol. The molecule has 1 N–H and O–H groups in total. The molecule has 1 aromatic rings. The summed E-state index contributed by atoms with van der Waals surface area (Å²) in [4.78, 5) is 0. The molecule has 0 radical (unpaired) electrons. The van der Waals surface area contributed by atoms with Gasteiger partial charge in [-0.3, -0.25) is 0 Å². The van der Waals surface area contributed by atoms with Gasteiger partial charge in [-0.1, -0.05) is 77.8 Å². The molecule has 0 aliphatic rings. The zero-order valence-corrected chi connectivity index (χ0v) is 15.9. The molecule has 1 aromatic carbocycles. The van der Waals surface area contributed by atoms with Crippen LogP contribution in [0.25, 0.3) is 5.57 Å². The molecule has 1 nitrogen and oxygen atoms in total. The Balaban J connectivity index is 3.33. The number of benzene rings is 1. The zero-order valence-electron chi connectivity index (χ0n) is 14.9. The van der Waals surface area contributed by atoms with Crippen LogP contribution < -0.4 is 0 Å². The Morgan fingerprint density at radius 3 is 1.91 bits per heavy atom. The van der Waals surface area contributed by atoms with Gasteiger partial charge in [0.05, 0.1) is 6.61 Å². The third-order valence-corrected chi connectivity index (χ3v) is 10.9. The van der Waals surface area contributed by atoms with Gasteiger partial charge in [-0.05, 0) is 28.3 Å². The van der Waals surface area contributed by atoms with Crippen LogP contribution in [0.4, 0.5) is 0 Å². The molecule has 2 heteroatoms. The molecule has 0 fully saturated rings. The predicted molar refractivity (Wildman–Crippen MR) is 100 cm³/mol. The van der Waals surface area contributed by atoms with Gasteiger partial charge in [-0.15, -0.1) is 5.54 Å². The summed E-state index contributed by atoms with van der Waals surface area (Å²) in [7, 11) is -1.74. The Hall–Kier alpha value is -1.30. The van der Waals surface area contributed by atoms with Gasteiger partial charge in [0, 0.05) is 5.57 Å². The maximum absolute atomic E-state index is 9.32. The molecule has 0 bridgehead atoms. The molecule has 120 valence electrons. The summed E-state index contributed by atoms with van der Waals surface area (Å²) >= 11 is 0. The SMILES string of the molecule is CC(C)[Si](C#C/C(=C/CO)c1ccccc1)(C(C)C)C(C)C. The summed E-state index contributed by atoms with van der Waals surface area (Å²) < 4.78 is 0. The van der Waals surface area contributed by atoms with E-state index in [-0.39, 0.29) is 6.61 Å². The van der Waals surface area contributed by atoms with Crippen LogP contribution in [0.3, 0.4) is 0 Å². The van der Waals surface area contributed by atoms with E-state index in [1.54, 1.807) is 0 Å². The molecule has 0 saturated heterocycles. The highest BCUT2D eigenvalue weighted by Gasteiger charge is 2.41. The Bertz CT molecular complexity index is 522. The van der Waals surface area contributed by atoms with Crippen molar-refractivity contribution in [1.29, 1.82) is 0 Å². The first-order valence-electron chi connectivity index (χ1n) is 8.25. The number of rotatable bonds is 5. The largest absolute Gasteiger partial charge is 0.392 e. The number of hydrogen-bond acceptors (Lipinski definition) is 1. The van der Waals surface area contributed by atoms with E-state index >= 15 is 0 Å².